The van der Waals surface area contributed by atoms with Gasteiger partial charge >= 0.3 is 5.97 Å². The number of hydrogen-bond donors (Lipinski definition) is 2. The van der Waals surface area contributed by atoms with Gasteiger partial charge in [0.15, 0.2) is 0 Å². The van der Waals surface area contributed by atoms with Crippen molar-refractivity contribution in [1.29, 1.82) is 0 Å². The van der Waals surface area contributed by atoms with Crippen LogP contribution in [-0.4, -0.2) is 49.6 Å². The van der Waals surface area contributed by atoms with E-state index in [1.807, 2.05) is 44.3 Å². The smallest absolute Gasteiger partial charge is 0.340 e. The molecule has 146 valence electrons. The maximum absolute atomic E-state index is 12.9. The number of quaternary nitrogens is 1. The fourth-order valence-electron chi connectivity index (χ4n) is 3.01. The van der Waals surface area contributed by atoms with Crippen LogP contribution in [0.3, 0.4) is 0 Å². The molecular weight excluding hydrogens is 344 g/mol. The number of aromatic nitrogens is 1. The molecule has 1 heterocycles. The zero-order valence-corrected chi connectivity index (χ0v) is 16.7. The van der Waals surface area contributed by atoms with E-state index in [0.29, 0.717) is 42.3 Å². The van der Waals surface area contributed by atoms with Crippen LogP contribution in [0.4, 0.5) is 0 Å². The van der Waals surface area contributed by atoms with Crippen LogP contribution in [0.1, 0.15) is 46.0 Å². The highest BCUT2D eigenvalue weighted by atomic mass is 16.5. The average Bonchev–Trinajstić information content (AvgIpc) is 2.95. The zero-order valence-electron chi connectivity index (χ0n) is 16.7. The summed E-state index contributed by atoms with van der Waals surface area (Å²) in [4.78, 5) is 29.2. The van der Waals surface area contributed by atoms with E-state index in [0.717, 1.165) is 10.6 Å². The number of Topliss-reactive ketones (excluding diaryl/α,β-unsaturated/α-hetero) is 1. The van der Waals surface area contributed by atoms with E-state index < -0.39 is 5.97 Å². The summed E-state index contributed by atoms with van der Waals surface area (Å²) in [6.45, 7) is 8.72. The van der Waals surface area contributed by atoms with Crippen LogP contribution in [0.2, 0.25) is 0 Å². The second-order valence-corrected chi connectivity index (χ2v) is 6.69. The Morgan fingerprint density at radius 2 is 1.85 bits per heavy atom. The van der Waals surface area contributed by atoms with Crippen LogP contribution in [0.25, 0.3) is 0 Å². The lowest BCUT2D eigenvalue weighted by atomic mass is 10.0. The molecule has 6 heteroatoms. The number of esters is 1. The van der Waals surface area contributed by atoms with Crippen LogP contribution in [0.15, 0.2) is 30.3 Å². The van der Waals surface area contributed by atoms with E-state index in [-0.39, 0.29) is 11.8 Å². The molecule has 0 amide bonds. The highest BCUT2D eigenvalue weighted by Gasteiger charge is 2.29. The first-order valence-corrected chi connectivity index (χ1v) is 9.27. The summed E-state index contributed by atoms with van der Waals surface area (Å²) < 4.78 is 10.8. The van der Waals surface area contributed by atoms with Crippen molar-refractivity contribution in [2.75, 3.05) is 26.8 Å². The minimum Gasteiger partial charge on any atom is -0.488 e. The largest absolute Gasteiger partial charge is 0.488 e. The minimum atomic E-state index is -0.396. The number of ketones is 1. The normalized spacial score (nSPS) is 13.1. The van der Waals surface area contributed by atoms with Gasteiger partial charge in [0.1, 0.15) is 24.9 Å². The van der Waals surface area contributed by atoms with Gasteiger partial charge in [0.2, 0.25) is 5.78 Å². The van der Waals surface area contributed by atoms with Crippen LogP contribution >= 0.6 is 0 Å². The van der Waals surface area contributed by atoms with E-state index in [9.17, 15) is 9.59 Å². The number of para-hydroxylation sites is 1. The van der Waals surface area contributed by atoms with Gasteiger partial charge in [-0.15, -0.1) is 0 Å². The van der Waals surface area contributed by atoms with Gasteiger partial charge in [0, 0.05) is 5.69 Å². The van der Waals surface area contributed by atoms with Gasteiger partial charge in [-0.1, -0.05) is 18.2 Å². The molecule has 2 rings (SSSR count). The van der Waals surface area contributed by atoms with Gasteiger partial charge in [-0.2, -0.15) is 0 Å². The molecule has 0 radical (unpaired) electrons. The third-order valence-electron chi connectivity index (χ3n) is 4.80. The van der Waals surface area contributed by atoms with Gasteiger partial charge < -0.3 is 19.4 Å². The second kappa shape index (κ2) is 9.37. The molecule has 27 heavy (non-hydrogen) atoms. The van der Waals surface area contributed by atoms with Crippen LogP contribution in [0, 0.1) is 13.8 Å². The van der Waals surface area contributed by atoms with Crippen molar-refractivity contribution in [3.05, 3.63) is 52.8 Å². The number of carbonyl (C=O) groups excluding carboxylic acids is 2. The number of nitrogens with one attached hydrogen (secondary N) is 2. The number of benzene rings is 1. The first kappa shape index (κ1) is 20.7. The fourth-order valence-corrected chi connectivity index (χ4v) is 3.01. The second-order valence-electron chi connectivity index (χ2n) is 6.69. The number of aromatic amines is 1. The van der Waals surface area contributed by atoms with Crippen LogP contribution in [0.5, 0.6) is 5.75 Å². The molecule has 0 fully saturated rings. The third-order valence-corrected chi connectivity index (χ3v) is 4.80. The Bertz CT molecular complexity index is 783. The van der Waals surface area contributed by atoms with Gasteiger partial charge in [-0.05, 0) is 45.4 Å². The lowest BCUT2D eigenvalue weighted by Gasteiger charge is -2.20. The predicted molar refractivity (Wildman–Crippen MR) is 104 cm³/mol. The SMILES string of the molecule is CCOC(=O)c1c(C)[nH]c(C(=O)[C@H](C)[NH+](C)CCOc2ccccc2)c1C. The van der Waals surface area contributed by atoms with E-state index >= 15 is 0 Å². The Balaban J connectivity index is 2.01. The lowest BCUT2D eigenvalue weighted by molar-refractivity contribution is -0.893. The number of carbonyl (C=O) groups is 2. The first-order chi connectivity index (χ1) is 12.9. The van der Waals surface area contributed by atoms with Crippen molar-refractivity contribution in [2.45, 2.75) is 33.7 Å². The summed E-state index contributed by atoms with van der Waals surface area (Å²) in [6, 6.07) is 9.34. The van der Waals surface area contributed by atoms with E-state index in [4.69, 9.17) is 9.47 Å². The molecule has 2 N–H and O–H groups in total. The molecule has 0 aliphatic heterocycles. The molecule has 2 aromatic rings. The van der Waals surface area contributed by atoms with E-state index in [2.05, 4.69) is 4.98 Å². The molecule has 2 atom stereocenters. The quantitative estimate of drug-likeness (QED) is 0.521. The standard InChI is InChI=1S/C21H28N2O4/c1-6-26-21(25)18-14(2)19(22-15(18)3)20(24)16(4)23(5)12-13-27-17-10-8-7-9-11-17/h7-11,16,22H,6,12-13H2,1-5H3/p+1/t16-/m0/s1. The maximum Gasteiger partial charge on any atom is 0.340 e. The Kier molecular flexibility index (Phi) is 7.19. The zero-order chi connectivity index (χ0) is 20.0. The lowest BCUT2D eigenvalue weighted by Crippen LogP contribution is -3.14. The monoisotopic (exact) mass is 373 g/mol. The van der Waals surface area contributed by atoms with Crippen molar-refractivity contribution in [2.24, 2.45) is 0 Å². The molecule has 0 bridgehead atoms. The maximum atomic E-state index is 12.9. The number of likely N-dealkylation sites (N-methyl/N-ethyl adjacent to an activating group) is 1. The van der Waals surface area contributed by atoms with Crippen LogP contribution in [-0.2, 0) is 4.74 Å². The Hall–Kier alpha value is -2.60. The average molecular weight is 373 g/mol. The summed E-state index contributed by atoms with van der Waals surface area (Å²) in [5, 5.41) is 0. The summed E-state index contributed by atoms with van der Waals surface area (Å²) in [6.07, 6.45) is 0. The van der Waals surface area contributed by atoms with Gasteiger partial charge in [-0.25, -0.2) is 4.79 Å². The Morgan fingerprint density at radius 1 is 1.19 bits per heavy atom. The van der Waals surface area contributed by atoms with Crippen molar-refractivity contribution in [1.82, 2.24) is 4.98 Å². The molecule has 0 saturated heterocycles. The Morgan fingerprint density at radius 3 is 2.48 bits per heavy atom. The van der Waals surface area contributed by atoms with Crippen molar-refractivity contribution in [3.63, 3.8) is 0 Å². The van der Waals surface area contributed by atoms with Crippen LogP contribution < -0.4 is 9.64 Å². The summed E-state index contributed by atoms with van der Waals surface area (Å²) in [5.41, 5.74) is 2.24. The topological polar surface area (TPSA) is 72.8 Å². The molecule has 0 aliphatic rings. The van der Waals surface area contributed by atoms with E-state index in [1.165, 1.54) is 0 Å². The number of rotatable bonds is 9. The molecule has 6 nitrogen and oxygen atoms in total. The number of H-pyrrole nitrogens is 1. The highest BCUT2D eigenvalue weighted by molar-refractivity contribution is 6.03. The number of aryl methyl sites for hydroxylation is 1. The Labute approximate surface area is 160 Å². The van der Waals surface area contributed by atoms with E-state index in [1.54, 1.807) is 20.8 Å². The van der Waals surface area contributed by atoms with Gasteiger partial charge in [0.05, 0.1) is 24.9 Å². The van der Waals surface area contributed by atoms with Gasteiger partial charge in [-0.3, -0.25) is 4.79 Å². The number of ether oxygens (including phenoxy) is 2. The van der Waals surface area contributed by atoms with Gasteiger partial charge in [0.25, 0.3) is 0 Å². The molecule has 0 saturated carbocycles. The molecule has 1 unspecified atom stereocenters. The fraction of sp³-hybridized carbons (Fsp3) is 0.429. The highest BCUT2D eigenvalue weighted by Crippen LogP contribution is 2.20. The molecular formula is C21H29N2O4+. The summed E-state index contributed by atoms with van der Waals surface area (Å²) >= 11 is 0. The first-order valence-electron chi connectivity index (χ1n) is 9.27. The molecule has 1 aromatic heterocycles. The number of hydrogen-bond acceptors (Lipinski definition) is 4. The molecule has 0 spiro atoms. The van der Waals surface area contributed by atoms with Crippen molar-refractivity contribution in [3.8, 4) is 5.75 Å². The van der Waals surface area contributed by atoms with Crippen molar-refractivity contribution >= 4 is 11.8 Å². The molecule has 0 aliphatic carbocycles. The third kappa shape index (κ3) is 4.98. The summed E-state index contributed by atoms with van der Waals surface area (Å²) in [7, 11) is 1.97. The summed E-state index contributed by atoms with van der Waals surface area (Å²) in [5.74, 6) is 0.398. The predicted octanol–water partition coefficient (Wildman–Crippen LogP) is 1.97. The molecule has 1 aromatic carbocycles. The minimum absolute atomic E-state index is 0.0247. The van der Waals surface area contributed by atoms with Crippen molar-refractivity contribution < 1.29 is 24.0 Å².